The van der Waals surface area contributed by atoms with E-state index in [0.29, 0.717) is 18.3 Å². The first kappa shape index (κ1) is 21.6. The molecule has 0 fully saturated rings. The highest BCUT2D eigenvalue weighted by Gasteiger charge is 2.35. The summed E-state index contributed by atoms with van der Waals surface area (Å²) in [6, 6.07) is 8.35. The molecule has 0 bridgehead atoms. The number of nitrogens with zero attached hydrogens (tertiary/aromatic N) is 5. The van der Waals surface area contributed by atoms with E-state index < -0.39 is 0 Å². The van der Waals surface area contributed by atoms with Crippen LogP contribution in [-0.4, -0.2) is 40.4 Å². The van der Waals surface area contributed by atoms with Gasteiger partial charge in [-0.2, -0.15) is 9.97 Å². The van der Waals surface area contributed by atoms with E-state index >= 15 is 0 Å². The van der Waals surface area contributed by atoms with Gasteiger partial charge in [0.15, 0.2) is 11.6 Å². The molecule has 2 heterocycles. The van der Waals surface area contributed by atoms with E-state index in [4.69, 9.17) is 9.97 Å². The predicted molar refractivity (Wildman–Crippen MR) is 123 cm³/mol. The molecule has 0 amide bonds. The van der Waals surface area contributed by atoms with Crippen molar-refractivity contribution in [2.45, 2.75) is 53.1 Å². The molecule has 0 atom stereocenters. The first-order valence-corrected chi connectivity index (χ1v) is 10.8. The van der Waals surface area contributed by atoms with E-state index in [9.17, 15) is 5.11 Å². The van der Waals surface area contributed by atoms with Crippen molar-refractivity contribution in [3.05, 3.63) is 28.7 Å². The third-order valence-corrected chi connectivity index (χ3v) is 5.15. The normalized spacial score (nSPS) is 13.4. The van der Waals surface area contributed by atoms with Gasteiger partial charge in [-0.05, 0) is 58.4 Å². The van der Waals surface area contributed by atoms with Crippen molar-refractivity contribution in [3.8, 4) is 0 Å². The van der Waals surface area contributed by atoms with Crippen LogP contribution < -0.4 is 25.8 Å². The van der Waals surface area contributed by atoms with Gasteiger partial charge < -0.3 is 15.3 Å². The lowest BCUT2D eigenvalue weighted by atomic mass is 10.2. The quantitative estimate of drug-likeness (QED) is 0.506. The maximum absolute atomic E-state index is 9.87. The van der Waals surface area contributed by atoms with Crippen LogP contribution in [0.4, 0.5) is 29.0 Å². The maximum Gasteiger partial charge on any atom is 0.231 e. The molecule has 0 radical (unpaired) electrons. The summed E-state index contributed by atoms with van der Waals surface area (Å²) in [6.07, 6.45) is 0.890. The molecule has 0 unspecified atom stereocenters. The second-order valence-corrected chi connectivity index (χ2v) is 8.52. The van der Waals surface area contributed by atoms with E-state index in [1.54, 1.807) is 4.90 Å². The molecule has 0 saturated heterocycles. The maximum atomic E-state index is 9.87. The minimum atomic E-state index is -0.132. The van der Waals surface area contributed by atoms with Crippen molar-refractivity contribution in [1.29, 1.82) is 0 Å². The Balaban J connectivity index is 2.14. The topological polar surface area (TPSA) is 79.8 Å². The molecule has 1 aliphatic rings. The third-order valence-electron chi connectivity index (χ3n) is 4.63. The van der Waals surface area contributed by atoms with Crippen LogP contribution in [0.15, 0.2) is 28.7 Å². The molecule has 0 aliphatic carbocycles. The number of hydrogen-bond acceptors (Lipinski definition) is 8. The zero-order valence-corrected chi connectivity index (χ0v) is 19.2. The summed E-state index contributed by atoms with van der Waals surface area (Å²) in [6.45, 7) is 11.1. The molecule has 3 N–H and O–H groups in total. The Bertz CT molecular complexity index is 828. The van der Waals surface area contributed by atoms with Gasteiger partial charge in [0.1, 0.15) is 12.4 Å². The second-order valence-electron chi connectivity index (χ2n) is 7.61. The minimum Gasteiger partial charge on any atom is -0.376 e. The Kier molecular flexibility index (Phi) is 6.81. The van der Waals surface area contributed by atoms with Gasteiger partial charge in [-0.15, -0.1) is 5.53 Å². The van der Waals surface area contributed by atoms with Crippen LogP contribution in [0.1, 0.15) is 41.0 Å². The molecule has 0 spiro atoms. The van der Waals surface area contributed by atoms with Gasteiger partial charge in [0.05, 0.1) is 0 Å². The molecule has 1 aromatic carbocycles. The number of hydrogen-bond donors (Lipinski definition) is 3. The number of nitrogens with one attached hydrogen (secondary N) is 2. The fourth-order valence-electron chi connectivity index (χ4n) is 3.17. The summed E-state index contributed by atoms with van der Waals surface area (Å²) in [5, 5.41) is 17.4. The van der Waals surface area contributed by atoms with E-state index in [1.165, 1.54) is 0 Å². The highest BCUT2D eigenvalue weighted by Crippen LogP contribution is 2.41. The zero-order valence-electron chi connectivity index (χ0n) is 17.6. The van der Waals surface area contributed by atoms with Crippen LogP contribution in [0.3, 0.4) is 0 Å². The van der Waals surface area contributed by atoms with Gasteiger partial charge in [-0.1, -0.05) is 22.9 Å². The summed E-state index contributed by atoms with van der Waals surface area (Å²) < 4.78 is 1.02. The Labute approximate surface area is 181 Å². The van der Waals surface area contributed by atoms with Gasteiger partial charge in [0.25, 0.3) is 0 Å². The summed E-state index contributed by atoms with van der Waals surface area (Å²) in [7, 11) is 0. The van der Waals surface area contributed by atoms with E-state index in [1.807, 2.05) is 29.3 Å². The number of fused-ring (bicyclic) bond motifs is 1. The molecule has 1 aliphatic heterocycles. The van der Waals surface area contributed by atoms with E-state index in [0.717, 1.165) is 28.1 Å². The third kappa shape index (κ3) is 4.57. The SMILES string of the molecule is CCCN(CO)c1nc(Nc2ccc(Br)cc2)c2c(n1)N(C(C)C)NN2C(C)C. The fourth-order valence-corrected chi connectivity index (χ4v) is 3.44. The molecular weight excluding hydrogens is 434 g/mol. The number of aliphatic hydroxyl groups excluding tert-OH is 1. The number of hydrazine groups is 2. The Morgan fingerprint density at radius 1 is 1.10 bits per heavy atom. The first-order chi connectivity index (χ1) is 13.8. The predicted octanol–water partition coefficient (Wildman–Crippen LogP) is 4.01. The Morgan fingerprint density at radius 3 is 2.31 bits per heavy atom. The highest BCUT2D eigenvalue weighted by atomic mass is 79.9. The zero-order chi connectivity index (χ0) is 21.1. The number of anilines is 5. The first-order valence-electron chi connectivity index (χ1n) is 10.0. The van der Waals surface area contributed by atoms with Crippen molar-refractivity contribution < 1.29 is 5.11 Å². The van der Waals surface area contributed by atoms with Gasteiger partial charge >= 0.3 is 0 Å². The molecule has 0 saturated carbocycles. The molecule has 29 heavy (non-hydrogen) atoms. The number of rotatable bonds is 8. The summed E-state index contributed by atoms with van der Waals surface area (Å²) >= 11 is 3.48. The summed E-state index contributed by atoms with van der Waals surface area (Å²) in [5.41, 5.74) is 5.27. The largest absolute Gasteiger partial charge is 0.376 e. The van der Waals surface area contributed by atoms with E-state index in [-0.39, 0.29) is 18.8 Å². The number of aliphatic hydroxyl groups is 1. The lowest BCUT2D eigenvalue weighted by Crippen LogP contribution is -2.50. The fraction of sp³-hybridized carbons (Fsp3) is 0.500. The van der Waals surface area contributed by atoms with Crippen molar-refractivity contribution in [3.63, 3.8) is 0 Å². The van der Waals surface area contributed by atoms with E-state index in [2.05, 4.69) is 66.4 Å². The van der Waals surface area contributed by atoms with Crippen LogP contribution in [0.2, 0.25) is 0 Å². The van der Waals surface area contributed by atoms with Gasteiger partial charge in [0.2, 0.25) is 5.95 Å². The van der Waals surface area contributed by atoms with Crippen molar-refractivity contribution in [1.82, 2.24) is 15.5 Å². The lowest BCUT2D eigenvalue weighted by Gasteiger charge is -2.27. The van der Waals surface area contributed by atoms with Crippen LogP contribution in [0, 0.1) is 0 Å². The molecular formula is C20H30BrN7O. The number of benzene rings is 1. The van der Waals surface area contributed by atoms with Gasteiger partial charge in [0, 0.05) is 28.8 Å². The standard InChI is InChI=1S/C20H30BrN7O/c1-6-11-26(12-29)20-23-18(22-16-9-7-15(21)8-10-16)17-19(24-20)28(14(4)5)25-27(17)13(2)3/h7-10,13-14,25,29H,6,11-12H2,1-5H3,(H,22,23,24). The number of aromatic nitrogens is 2. The molecule has 2 aromatic rings. The summed E-state index contributed by atoms with van der Waals surface area (Å²) in [5.74, 6) is 2.00. The van der Waals surface area contributed by atoms with Crippen LogP contribution in [-0.2, 0) is 0 Å². The molecule has 3 rings (SSSR count). The molecule has 8 nitrogen and oxygen atoms in total. The second kappa shape index (κ2) is 9.15. The highest BCUT2D eigenvalue weighted by molar-refractivity contribution is 9.10. The molecule has 1 aromatic heterocycles. The van der Waals surface area contributed by atoms with Gasteiger partial charge in [-0.3, -0.25) is 10.0 Å². The lowest BCUT2D eigenvalue weighted by molar-refractivity contribution is 0.288. The van der Waals surface area contributed by atoms with Crippen LogP contribution in [0.5, 0.6) is 0 Å². The van der Waals surface area contributed by atoms with Crippen molar-refractivity contribution in [2.24, 2.45) is 0 Å². The minimum absolute atomic E-state index is 0.132. The smallest absolute Gasteiger partial charge is 0.231 e. The van der Waals surface area contributed by atoms with Crippen molar-refractivity contribution >= 4 is 44.9 Å². The van der Waals surface area contributed by atoms with Crippen LogP contribution in [0.25, 0.3) is 0 Å². The average molecular weight is 464 g/mol. The van der Waals surface area contributed by atoms with Crippen LogP contribution >= 0.6 is 15.9 Å². The Hall–Kier alpha value is -2.10. The summed E-state index contributed by atoms with van der Waals surface area (Å²) in [4.78, 5) is 11.4. The molecule has 158 valence electrons. The Morgan fingerprint density at radius 2 is 1.76 bits per heavy atom. The number of halogens is 1. The van der Waals surface area contributed by atoms with Crippen molar-refractivity contribution in [2.75, 3.05) is 33.5 Å². The monoisotopic (exact) mass is 463 g/mol. The van der Waals surface area contributed by atoms with Gasteiger partial charge in [-0.25, -0.2) is 0 Å². The molecule has 9 heteroatoms. The average Bonchev–Trinajstić information content (AvgIpc) is 3.08.